The van der Waals surface area contributed by atoms with Crippen LogP contribution in [-0.4, -0.2) is 6.17 Å². The van der Waals surface area contributed by atoms with Crippen molar-refractivity contribution in [2.45, 2.75) is 38.8 Å². The van der Waals surface area contributed by atoms with E-state index in [9.17, 15) is 0 Å². The number of hydrogen-bond donors (Lipinski definition) is 2. The maximum absolute atomic E-state index is 5.31. The topological polar surface area (TPSA) is 52.0 Å². The smallest absolute Gasteiger partial charge is 0.0520 e. The predicted octanol–water partition coefficient (Wildman–Crippen LogP) is 0.808. The van der Waals surface area contributed by atoms with Crippen LogP contribution < -0.4 is 11.5 Å². The van der Waals surface area contributed by atoms with Gasteiger partial charge in [0.05, 0.1) is 6.17 Å². The van der Waals surface area contributed by atoms with Gasteiger partial charge in [-0.1, -0.05) is 26.2 Å². The predicted molar refractivity (Wildman–Crippen MR) is 36.3 cm³/mol. The Morgan fingerprint density at radius 3 is 2.11 bits per heavy atom. The maximum Gasteiger partial charge on any atom is 0.0520 e. The maximum atomic E-state index is 5.31. The van der Waals surface area contributed by atoms with Gasteiger partial charge in [-0.05, 0) is 6.42 Å². The molecule has 0 amide bonds. The Kier molecular flexibility index (Phi) is 12.2. The molecule has 0 aliphatic rings. The first-order valence-electron chi connectivity index (χ1n) is 3.28. The molecular formula is C6H16N2Zr. The third-order valence-electron chi connectivity index (χ3n) is 1.14. The van der Waals surface area contributed by atoms with Crippen molar-refractivity contribution in [3.63, 3.8) is 0 Å². The summed E-state index contributed by atoms with van der Waals surface area (Å²) in [5, 5.41) is 0. The molecule has 0 fully saturated rings. The quantitative estimate of drug-likeness (QED) is 0.529. The normalized spacial score (nSPS) is 9.33. The molecule has 0 radical (unpaired) electrons. The molecule has 0 aliphatic carbocycles. The van der Waals surface area contributed by atoms with Crippen molar-refractivity contribution in [1.29, 1.82) is 0 Å². The fourth-order valence-corrected chi connectivity index (χ4v) is 0.630. The van der Waals surface area contributed by atoms with E-state index in [1.807, 2.05) is 0 Å². The number of unbranched alkanes of at least 4 members (excludes halogenated alkanes) is 2. The van der Waals surface area contributed by atoms with Crippen LogP contribution in [-0.2, 0) is 26.2 Å². The second-order valence-electron chi connectivity index (χ2n) is 2.16. The molecule has 0 aromatic heterocycles. The van der Waals surface area contributed by atoms with Crippen molar-refractivity contribution in [3.05, 3.63) is 0 Å². The van der Waals surface area contributed by atoms with Crippen LogP contribution in [0.1, 0.15) is 32.6 Å². The van der Waals surface area contributed by atoms with Gasteiger partial charge in [0, 0.05) is 26.2 Å². The van der Waals surface area contributed by atoms with Crippen molar-refractivity contribution in [2.24, 2.45) is 11.5 Å². The molecule has 0 spiro atoms. The zero-order chi connectivity index (χ0) is 6.41. The van der Waals surface area contributed by atoms with Crippen LogP contribution in [0.2, 0.25) is 0 Å². The first-order valence-corrected chi connectivity index (χ1v) is 3.28. The minimum atomic E-state index is -0.0958. The molecule has 0 aliphatic heterocycles. The van der Waals surface area contributed by atoms with Gasteiger partial charge < -0.3 is 11.5 Å². The largest absolute Gasteiger partial charge is 0.316 e. The summed E-state index contributed by atoms with van der Waals surface area (Å²) in [5.41, 5.74) is 10.6. The molecule has 0 rings (SSSR count). The Morgan fingerprint density at radius 2 is 1.78 bits per heavy atom. The summed E-state index contributed by atoms with van der Waals surface area (Å²) >= 11 is 0. The van der Waals surface area contributed by atoms with Gasteiger partial charge in [0.1, 0.15) is 0 Å². The van der Waals surface area contributed by atoms with Gasteiger partial charge in [-0.15, -0.1) is 0 Å². The summed E-state index contributed by atoms with van der Waals surface area (Å²) in [7, 11) is 0. The summed E-state index contributed by atoms with van der Waals surface area (Å²) in [6, 6.07) is 0. The van der Waals surface area contributed by atoms with Gasteiger partial charge in [0.2, 0.25) is 0 Å². The van der Waals surface area contributed by atoms with Crippen molar-refractivity contribution in [2.75, 3.05) is 0 Å². The van der Waals surface area contributed by atoms with E-state index < -0.39 is 0 Å². The van der Waals surface area contributed by atoms with E-state index in [2.05, 4.69) is 6.92 Å². The molecule has 3 heteroatoms. The van der Waals surface area contributed by atoms with Crippen LogP contribution in [0.4, 0.5) is 0 Å². The molecular weight excluding hydrogens is 191 g/mol. The zero-order valence-electron chi connectivity index (χ0n) is 6.06. The number of nitrogens with two attached hydrogens (primary N) is 2. The fraction of sp³-hybridized carbons (Fsp3) is 1.00. The van der Waals surface area contributed by atoms with Crippen molar-refractivity contribution < 1.29 is 26.2 Å². The minimum absolute atomic E-state index is 0. The van der Waals surface area contributed by atoms with Crippen LogP contribution in [0.25, 0.3) is 0 Å². The zero-order valence-corrected chi connectivity index (χ0v) is 8.52. The first kappa shape index (κ1) is 12.5. The summed E-state index contributed by atoms with van der Waals surface area (Å²) in [4.78, 5) is 0. The number of rotatable bonds is 4. The van der Waals surface area contributed by atoms with E-state index in [1.165, 1.54) is 19.3 Å². The molecule has 0 bridgehead atoms. The summed E-state index contributed by atoms with van der Waals surface area (Å²) in [5.74, 6) is 0. The molecule has 54 valence electrons. The van der Waals surface area contributed by atoms with Crippen LogP contribution in [0.5, 0.6) is 0 Å². The Bertz CT molecular complexity index is 48.3. The van der Waals surface area contributed by atoms with Gasteiger partial charge in [-0.3, -0.25) is 0 Å². The van der Waals surface area contributed by atoms with Crippen LogP contribution in [0.15, 0.2) is 0 Å². The average molecular weight is 207 g/mol. The number of hydrogen-bond acceptors (Lipinski definition) is 2. The van der Waals surface area contributed by atoms with Crippen LogP contribution >= 0.6 is 0 Å². The molecule has 2 nitrogen and oxygen atoms in total. The van der Waals surface area contributed by atoms with Gasteiger partial charge in [0.15, 0.2) is 0 Å². The molecule has 0 saturated heterocycles. The first-order chi connectivity index (χ1) is 3.77. The molecule has 0 aromatic rings. The summed E-state index contributed by atoms with van der Waals surface area (Å²) in [6.45, 7) is 2.17. The van der Waals surface area contributed by atoms with E-state index >= 15 is 0 Å². The molecule has 0 aromatic carbocycles. The van der Waals surface area contributed by atoms with E-state index in [4.69, 9.17) is 11.5 Å². The van der Waals surface area contributed by atoms with Crippen molar-refractivity contribution in [3.8, 4) is 0 Å². The average Bonchev–Trinajstić information content (AvgIpc) is 1.66. The van der Waals surface area contributed by atoms with Gasteiger partial charge in [-0.25, -0.2) is 0 Å². The molecule has 4 N–H and O–H groups in total. The second kappa shape index (κ2) is 8.80. The van der Waals surface area contributed by atoms with Gasteiger partial charge in [0.25, 0.3) is 0 Å². The third-order valence-corrected chi connectivity index (χ3v) is 1.14. The van der Waals surface area contributed by atoms with E-state index in [1.54, 1.807) is 0 Å². The van der Waals surface area contributed by atoms with E-state index in [0.29, 0.717) is 0 Å². The Balaban J connectivity index is 0. The summed E-state index contributed by atoms with van der Waals surface area (Å²) in [6.07, 6.45) is 4.54. The van der Waals surface area contributed by atoms with Gasteiger partial charge >= 0.3 is 0 Å². The minimum Gasteiger partial charge on any atom is -0.316 e. The SMILES string of the molecule is CCCCCC(N)N.[Zr]. The Hall–Kier alpha value is 0.803. The Labute approximate surface area is 76.5 Å². The van der Waals surface area contributed by atoms with Crippen molar-refractivity contribution >= 4 is 0 Å². The van der Waals surface area contributed by atoms with E-state index in [-0.39, 0.29) is 32.4 Å². The molecule has 9 heavy (non-hydrogen) atoms. The second-order valence-corrected chi connectivity index (χ2v) is 2.16. The third kappa shape index (κ3) is 12.1. The molecule has 0 saturated carbocycles. The van der Waals surface area contributed by atoms with Crippen LogP contribution in [0.3, 0.4) is 0 Å². The fourth-order valence-electron chi connectivity index (χ4n) is 0.630. The van der Waals surface area contributed by atoms with Crippen LogP contribution in [0, 0.1) is 0 Å². The summed E-state index contributed by atoms with van der Waals surface area (Å²) < 4.78 is 0. The molecule has 0 atom stereocenters. The van der Waals surface area contributed by atoms with E-state index in [0.717, 1.165) is 6.42 Å². The Morgan fingerprint density at radius 1 is 1.22 bits per heavy atom. The molecule has 0 heterocycles. The monoisotopic (exact) mass is 206 g/mol. The standard InChI is InChI=1S/C6H16N2.Zr/c1-2-3-4-5-6(7)8;/h6H,2-5,7-8H2,1H3;. The molecule has 0 unspecified atom stereocenters. The van der Waals surface area contributed by atoms with Crippen molar-refractivity contribution in [1.82, 2.24) is 0 Å². The van der Waals surface area contributed by atoms with Gasteiger partial charge in [-0.2, -0.15) is 0 Å².